The maximum absolute atomic E-state index is 12.2. The van der Waals surface area contributed by atoms with Gasteiger partial charge in [0.25, 0.3) is 5.91 Å². The first-order valence-electron chi connectivity index (χ1n) is 9.84. The quantitative estimate of drug-likeness (QED) is 0.323. The van der Waals surface area contributed by atoms with Crippen molar-refractivity contribution in [2.45, 2.75) is 13.5 Å². The number of phenols is 1. The highest BCUT2D eigenvalue weighted by molar-refractivity contribution is 9.10. The van der Waals surface area contributed by atoms with Gasteiger partial charge in [0.2, 0.25) is 0 Å². The average Bonchev–Trinajstić information content (AvgIpc) is 2.79. The van der Waals surface area contributed by atoms with Gasteiger partial charge in [-0.3, -0.25) is 4.79 Å². The van der Waals surface area contributed by atoms with Crippen LogP contribution in [0.2, 0.25) is 0 Å². The molecule has 3 aromatic carbocycles. The van der Waals surface area contributed by atoms with Crippen molar-refractivity contribution in [3.05, 3.63) is 81.8 Å². The summed E-state index contributed by atoms with van der Waals surface area (Å²) in [5.41, 5.74) is 4.23. The zero-order chi connectivity index (χ0) is 22.9. The zero-order valence-electron chi connectivity index (χ0n) is 17.7. The van der Waals surface area contributed by atoms with Crippen molar-refractivity contribution < 1.29 is 24.1 Å². The standard InChI is InChI=1S/C24H23BrN2O5/c1-3-31-23-12-17(6-11-22(23)32-15-16-4-7-18(25)8-5-16)14-26-27-24(29)20-10-9-19(30-2)13-21(20)28/h4-14,28H,3,15H2,1-2H3,(H,27,29)/b26-14-. The number of hydrogen-bond donors (Lipinski definition) is 2. The number of hydrazone groups is 1. The minimum absolute atomic E-state index is 0.0923. The van der Waals surface area contributed by atoms with Crippen LogP contribution in [0.5, 0.6) is 23.0 Å². The Morgan fingerprint density at radius 3 is 2.53 bits per heavy atom. The third-order valence-corrected chi connectivity index (χ3v) is 4.93. The molecular weight excluding hydrogens is 476 g/mol. The van der Waals surface area contributed by atoms with Crippen molar-refractivity contribution in [1.82, 2.24) is 5.43 Å². The molecule has 0 saturated carbocycles. The Labute approximate surface area is 194 Å². The van der Waals surface area contributed by atoms with Crippen LogP contribution in [0.3, 0.4) is 0 Å². The molecule has 0 saturated heterocycles. The van der Waals surface area contributed by atoms with Crippen molar-refractivity contribution >= 4 is 28.1 Å². The van der Waals surface area contributed by atoms with Crippen LogP contribution in [0, 0.1) is 0 Å². The molecular formula is C24H23BrN2O5. The lowest BCUT2D eigenvalue weighted by atomic mass is 10.2. The Morgan fingerprint density at radius 1 is 1.06 bits per heavy atom. The van der Waals surface area contributed by atoms with E-state index in [1.54, 1.807) is 24.3 Å². The zero-order valence-corrected chi connectivity index (χ0v) is 19.3. The lowest BCUT2D eigenvalue weighted by Gasteiger charge is -2.12. The number of phenolic OH excluding ortho intramolecular Hbond substituents is 1. The Morgan fingerprint density at radius 2 is 1.84 bits per heavy atom. The van der Waals surface area contributed by atoms with E-state index in [2.05, 4.69) is 26.5 Å². The highest BCUT2D eigenvalue weighted by Gasteiger charge is 2.11. The van der Waals surface area contributed by atoms with Crippen LogP contribution < -0.4 is 19.6 Å². The van der Waals surface area contributed by atoms with Crippen LogP contribution in [-0.2, 0) is 6.61 Å². The predicted octanol–water partition coefficient (Wildman–Crippen LogP) is 4.90. The van der Waals surface area contributed by atoms with Crippen molar-refractivity contribution in [1.29, 1.82) is 0 Å². The molecule has 0 fully saturated rings. The number of ether oxygens (including phenoxy) is 3. The third-order valence-electron chi connectivity index (χ3n) is 4.40. The predicted molar refractivity (Wildman–Crippen MR) is 126 cm³/mol. The summed E-state index contributed by atoms with van der Waals surface area (Å²) in [6.45, 7) is 2.77. The molecule has 3 rings (SSSR count). The number of aromatic hydroxyl groups is 1. The van der Waals surface area contributed by atoms with Gasteiger partial charge in [-0.15, -0.1) is 0 Å². The number of hydrogen-bond acceptors (Lipinski definition) is 6. The first-order valence-corrected chi connectivity index (χ1v) is 10.6. The van der Waals surface area contributed by atoms with E-state index in [1.165, 1.54) is 25.5 Å². The fourth-order valence-electron chi connectivity index (χ4n) is 2.79. The lowest BCUT2D eigenvalue weighted by Crippen LogP contribution is -2.17. The van der Waals surface area contributed by atoms with Crippen molar-refractivity contribution in [3.63, 3.8) is 0 Å². The number of benzene rings is 3. The molecule has 2 N–H and O–H groups in total. The Kier molecular flexibility index (Phi) is 8.10. The molecule has 0 radical (unpaired) electrons. The average molecular weight is 499 g/mol. The number of carbonyl (C=O) groups excluding carboxylic acids is 1. The minimum Gasteiger partial charge on any atom is -0.507 e. The van der Waals surface area contributed by atoms with E-state index in [1.807, 2.05) is 31.2 Å². The molecule has 0 aliphatic rings. The number of carbonyl (C=O) groups is 1. The van der Waals surface area contributed by atoms with E-state index in [-0.39, 0.29) is 11.3 Å². The van der Waals surface area contributed by atoms with Gasteiger partial charge in [-0.25, -0.2) is 5.43 Å². The van der Waals surface area contributed by atoms with Crippen molar-refractivity contribution in [3.8, 4) is 23.0 Å². The summed E-state index contributed by atoms with van der Waals surface area (Å²) in [5.74, 6) is 0.907. The highest BCUT2D eigenvalue weighted by atomic mass is 79.9. The molecule has 0 aliphatic carbocycles. The van der Waals surface area contributed by atoms with Crippen LogP contribution >= 0.6 is 15.9 Å². The second-order valence-electron chi connectivity index (χ2n) is 6.64. The van der Waals surface area contributed by atoms with Gasteiger partial charge in [0.1, 0.15) is 18.1 Å². The summed E-state index contributed by atoms with van der Waals surface area (Å²) < 4.78 is 17.6. The topological polar surface area (TPSA) is 89.4 Å². The molecule has 7 nitrogen and oxygen atoms in total. The molecule has 8 heteroatoms. The maximum atomic E-state index is 12.2. The van der Waals surface area contributed by atoms with E-state index < -0.39 is 5.91 Å². The Balaban J connectivity index is 1.65. The third kappa shape index (κ3) is 6.24. The summed E-state index contributed by atoms with van der Waals surface area (Å²) >= 11 is 3.42. The van der Waals surface area contributed by atoms with E-state index in [4.69, 9.17) is 14.2 Å². The van der Waals surface area contributed by atoms with Gasteiger partial charge in [0.15, 0.2) is 11.5 Å². The van der Waals surface area contributed by atoms with E-state index >= 15 is 0 Å². The molecule has 0 atom stereocenters. The molecule has 0 bridgehead atoms. The highest BCUT2D eigenvalue weighted by Crippen LogP contribution is 2.29. The smallest absolute Gasteiger partial charge is 0.275 e. The van der Waals surface area contributed by atoms with Gasteiger partial charge in [0, 0.05) is 10.5 Å². The van der Waals surface area contributed by atoms with Gasteiger partial charge in [0.05, 0.1) is 25.5 Å². The first kappa shape index (κ1) is 23.1. The van der Waals surface area contributed by atoms with Gasteiger partial charge in [-0.05, 0) is 60.5 Å². The number of methoxy groups -OCH3 is 1. The van der Waals surface area contributed by atoms with E-state index in [0.29, 0.717) is 36.0 Å². The lowest BCUT2D eigenvalue weighted by molar-refractivity contribution is 0.0952. The Hall–Kier alpha value is -3.52. The van der Waals surface area contributed by atoms with Crippen LogP contribution in [0.25, 0.3) is 0 Å². The van der Waals surface area contributed by atoms with Crippen LogP contribution in [-0.4, -0.2) is 30.9 Å². The van der Waals surface area contributed by atoms with Crippen LogP contribution in [0.15, 0.2) is 70.2 Å². The van der Waals surface area contributed by atoms with Gasteiger partial charge >= 0.3 is 0 Å². The van der Waals surface area contributed by atoms with Crippen LogP contribution in [0.1, 0.15) is 28.4 Å². The first-order chi connectivity index (χ1) is 15.5. The van der Waals surface area contributed by atoms with Crippen LogP contribution in [0.4, 0.5) is 0 Å². The molecule has 32 heavy (non-hydrogen) atoms. The summed E-state index contributed by atoms with van der Waals surface area (Å²) in [7, 11) is 1.48. The van der Waals surface area contributed by atoms with Gasteiger partial charge in [-0.1, -0.05) is 28.1 Å². The number of rotatable bonds is 9. The molecule has 0 aromatic heterocycles. The second kappa shape index (κ2) is 11.2. The molecule has 0 heterocycles. The molecule has 0 aliphatic heterocycles. The summed E-state index contributed by atoms with van der Waals surface area (Å²) in [4.78, 5) is 12.2. The fourth-order valence-corrected chi connectivity index (χ4v) is 3.05. The van der Waals surface area contributed by atoms with E-state index in [9.17, 15) is 9.90 Å². The number of halogens is 1. The molecule has 1 amide bonds. The van der Waals surface area contributed by atoms with Crippen molar-refractivity contribution in [2.24, 2.45) is 5.10 Å². The Bertz CT molecular complexity index is 1100. The molecule has 0 unspecified atom stereocenters. The molecule has 0 spiro atoms. The number of amides is 1. The minimum atomic E-state index is -0.541. The normalized spacial score (nSPS) is 10.7. The number of nitrogens with zero attached hydrogens (tertiary/aromatic N) is 1. The second-order valence-corrected chi connectivity index (χ2v) is 7.55. The number of nitrogens with one attached hydrogen (secondary N) is 1. The van der Waals surface area contributed by atoms with Gasteiger partial charge < -0.3 is 19.3 Å². The van der Waals surface area contributed by atoms with Crippen molar-refractivity contribution in [2.75, 3.05) is 13.7 Å². The van der Waals surface area contributed by atoms with Gasteiger partial charge in [-0.2, -0.15) is 5.10 Å². The maximum Gasteiger partial charge on any atom is 0.275 e. The molecule has 166 valence electrons. The molecule has 3 aromatic rings. The summed E-state index contributed by atoms with van der Waals surface area (Å²) in [6, 6.07) is 17.7. The fraction of sp³-hybridized carbons (Fsp3) is 0.167. The SMILES string of the molecule is CCOc1cc(/C=N\NC(=O)c2ccc(OC)cc2O)ccc1OCc1ccc(Br)cc1. The summed E-state index contributed by atoms with van der Waals surface area (Å²) in [5, 5.41) is 13.9. The van der Waals surface area contributed by atoms with E-state index in [0.717, 1.165) is 10.0 Å². The summed E-state index contributed by atoms with van der Waals surface area (Å²) in [6.07, 6.45) is 1.49. The monoisotopic (exact) mass is 498 g/mol. The largest absolute Gasteiger partial charge is 0.507 e.